The Morgan fingerprint density at radius 1 is 0.661 bits per heavy atom. The van der Waals surface area contributed by atoms with Gasteiger partial charge in [-0.2, -0.15) is 5.26 Å². The highest BCUT2D eigenvalue weighted by molar-refractivity contribution is 6.35. The van der Waals surface area contributed by atoms with Crippen LogP contribution in [0.3, 0.4) is 0 Å². The minimum atomic E-state index is -0.960. The van der Waals surface area contributed by atoms with Gasteiger partial charge in [0.15, 0.2) is 11.6 Å². The van der Waals surface area contributed by atoms with Crippen LogP contribution < -0.4 is 16.0 Å². The quantitative estimate of drug-likeness (QED) is 0.0731. The summed E-state index contributed by atoms with van der Waals surface area (Å²) < 4.78 is 0. The lowest BCUT2D eigenvalue weighted by atomic mass is 9.94. The summed E-state index contributed by atoms with van der Waals surface area (Å²) >= 11 is 12.0. The summed E-state index contributed by atoms with van der Waals surface area (Å²) in [6, 6.07) is 25.1. The smallest absolute Gasteiger partial charge is 0.259 e. The number of nitrogens with one attached hydrogen (secondary N) is 3. The van der Waals surface area contributed by atoms with Gasteiger partial charge in [-0.1, -0.05) is 53.5 Å². The number of benzene rings is 5. The average molecular weight is 792 g/mol. The zero-order valence-corrected chi connectivity index (χ0v) is 32.0. The first kappa shape index (κ1) is 40.7. The Labute approximate surface area is 332 Å². The molecule has 0 saturated carbocycles. The lowest BCUT2D eigenvalue weighted by Gasteiger charge is -2.15. The molecule has 5 aromatic carbocycles. The number of rotatable bonds is 13. The van der Waals surface area contributed by atoms with E-state index in [1.165, 1.54) is 54.6 Å². The fourth-order valence-corrected chi connectivity index (χ4v) is 6.37. The number of aryl methyl sites for hydroxylation is 1. The van der Waals surface area contributed by atoms with Gasteiger partial charge in [0.1, 0.15) is 11.5 Å². The molecule has 0 aromatic heterocycles. The van der Waals surface area contributed by atoms with Crippen LogP contribution in [0.4, 0.5) is 17.1 Å². The second-order valence-corrected chi connectivity index (χ2v) is 14.0. The molecular weight excluding hydrogens is 755 g/mol. The predicted octanol–water partition coefficient (Wildman–Crippen LogP) is 9.00. The van der Waals surface area contributed by atoms with Crippen LogP contribution in [0.1, 0.15) is 76.5 Å². The minimum absolute atomic E-state index is 0.0283. The van der Waals surface area contributed by atoms with Crippen LogP contribution in [0, 0.1) is 38.0 Å². The van der Waals surface area contributed by atoms with E-state index < -0.39 is 23.6 Å². The number of ketones is 2. The summed E-state index contributed by atoms with van der Waals surface area (Å²) in [7, 11) is 0. The Balaban J connectivity index is 1.17. The normalized spacial score (nSPS) is 11.2. The third-order valence-electron chi connectivity index (χ3n) is 9.18. The van der Waals surface area contributed by atoms with E-state index >= 15 is 0 Å². The van der Waals surface area contributed by atoms with Crippen LogP contribution in [0.5, 0.6) is 11.5 Å². The van der Waals surface area contributed by atoms with E-state index in [0.717, 1.165) is 0 Å². The molecule has 3 amide bonds. The van der Waals surface area contributed by atoms with Crippen LogP contribution in [-0.4, -0.2) is 39.5 Å². The van der Waals surface area contributed by atoms with Gasteiger partial charge >= 0.3 is 0 Å². The lowest BCUT2D eigenvalue weighted by molar-refractivity contribution is -0.119. The summed E-state index contributed by atoms with van der Waals surface area (Å²) in [5, 5.41) is 39.2. The Morgan fingerprint density at radius 2 is 1.23 bits per heavy atom. The molecule has 0 aliphatic carbocycles. The van der Waals surface area contributed by atoms with Crippen molar-refractivity contribution >= 4 is 69.6 Å². The maximum atomic E-state index is 13.2. The molecule has 0 spiro atoms. The molecule has 0 aliphatic rings. The highest BCUT2D eigenvalue weighted by Gasteiger charge is 2.24. The monoisotopic (exact) mass is 790 g/mol. The summed E-state index contributed by atoms with van der Waals surface area (Å²) in [5.74, 6) is -3.47. The second-order valence-electron chi connectivity index (χ2n) is 13.2. The van der Waals surface area contributed by atoms with Crippen LogP contribution in [0.15, 0.2) is 91.0 Å². The van der Waals surface area contributed by atoms with Gasteiger partial charge in [-0.3, -0.25) is 24.0 Å². The Morgan fingerprint density at radius 3 is 1.86 bits per heavy atom. The van der Waals surface area contributed by atoms with Crippen molar-refractivity contribution in [1.29, 1.82) is 5.26 Å². The Kier molecular flexibility index (Phi) is 12.9. The molecule has 1 unspecified atom stereocenters. The summed E-state index contributed by atoms with van der Waals surface area (Å²) in [5.41, 5.74) is 3.91. The van der Waals surface area contributed by atoms with E-state index in [4.69, 9.17) is 23.2 Å². The number of hydrogen-bond acceptors (Lipinski definition) is 8. The number of carbonyl (C=O) groups is 5. The van der Waals surface area contributed by atoms with Crippen molar-refractivity contribution in [2.75, 3.05) is 16.0 Å². The van der Waals surface area contributed by atoms with E-state index in [-0.39, 0.29) is 64.7 Å². The highest BCUT2D eigenvalue weighted by atomic mass is 35.5. The molecule has 1 atom stereocenters. The van der Waals surface area contributed by atoms with Gasteiger partial charge in [0.2, 0.25) is 5.91 Å². The van der Waals surface area contributed by atoms with Gasteiger partial charge in [-0.05, 0) is 92.6 Å². The molecule has 0 saturated heterocycles. The van der Waals surface area contributed by atoms with Crippen LogP contribution in [0.2, 0.25) is 10.0 Å². The number of anilines is 3. The molecule has 284 valence electrons. The summed E-state index contributed by atoms with van der Waals surface area (Å²) in [6.45, 7) is 4.94. The van der Waals surface area contributed by atoms with Gasteiger partial charge in [0.05, 0.1) is 17.6 Å². The van der Waals surface area contributed by atoms with E-state index in [2.05, 4.69) is 16.0 Å². The molecule has 0 bridgehead atoms. The SMILES string of the molecule is Cc1ccc(NC(=O)c2ccc(NC(=O)c3ccc(NC(=O)C(CC#N)CC(=O)c4ccc(CC(=O)c5cc(Cl)cc(Cl)c5)cc4)cc3)c(C)c2O)c(C)c1O. The molecule has 5 aromatic rings. The number of halogens is 2. The highest BCUT2D eigenvalue weighted by Crippen LogP contribution is 2.32. The van der Waals surface area contributed by atoms with E-state index in [1.54, 1.807) is 57.2 Å². The zero-order valence-electron chi connectivity index (χ0n) is 30.5. The number of Topliss-reactive ketones (excluding diaryl/α,β-unsaturated/α-hetero) is 2. The Hall–Kier alpha value is -6.48. The fourth-order valence-electron chi connectivity index (χ4n) is 5.84. The lowest BCUT2D eigenvalue weighted by Crippen LogP contribution is -2.25. The third-order valence-corrected chi connectivity index (χ3v) is 9.62. The van der Waals surface area contributed by atoms with Crippen molar-refractivity contribution in [2.24, 2.45) is 5.92 Å². The van der Waals surface area contributed by atoms with Crippen LogP contribution in [0.25, 0.3) is 0 Å². The number of phenolic OH excluding ortho intramolecular Hbond substituents is 2. The van der Waals surface area contributed by atoms with Crippen molar-refractivity contribution in [1.82, 2.24) is 0 Å². The maximum Gasteiger partial charge on any atom is 0.259 e. The number of amides is 3. The first-order valence-corrected chi connectivity index (χ1v) is 18.0. The van der Waals surface area contributed by atoms with E-state index in [0.29, 0.717) is 49.2 Å². The van der Waals surface area contributed by atoms with Crippen molar-refractivity contribution < 1.29 is 34.2 Å². The summed E-state index contributed by atoms with van der Waals surface area (Å²) in [4.78, 5) is 65.1. The number of carbonyl (C=O) groups excluding carboxylic acids is 5. The number of hydrogen-bond donors (Lipinski definition) is 5. The number of aromatic hydroxyl groups is 2. The molecular formula is C43H36Cl2N4O7. The fraction of sp³-hybridized carbons (Fsp3) is 0.163. The van der Waals surface area contributed by atoms with Crippen molar-refractivity contribution in [2.45, 2.75) is 40.0 Å². The Bertz CT molecular complexity index is 2390. The first-order chi connectivity index (χ1) is 26.6. The summed E-state index contributed by atoms with van der Waals surface area (Å²) in [6.07, 6.45) is -0.389. The molecule has 0 heterocycles. The molecule has 5 N–H and O–H groups in total. The minimum Gasteiger partial charge on any atom is -0.507 e. The first-order valence-electron chi connectivity index (χ1n) is 17.3. The van der Waals surface area contributed by atoms with E-state index in [1.807, 2.05) is 6.07 Å². The second kappa shape index (κ2) is 17.8. The van der Waals surface area contributed by atoms with Crippen LogP contribution >= 0.6 is 23.2 Å². The maximum absolute atomic E-state index is 13.2. The van der Waals surface area contributed by atoms with Crippen LogP contribution in [-0.2, 0) is 11.2 Å². The van der Waals surface area contributed by atoms with Gasteiger partial charge in [0.25, 0.3) is 11.8 Å². The van der Waals surface area contributed by atoms with Gasteiger partial charge < -0.3 is 26.2 Å². The van der Waals surface area contributed by atoms with Crippen molar-refractivity contribution in [3.63, 3.8) is 0 Å². The van der Waals surface area contributed by atoms with Crippen molar-refractivity contribution in [3.05, 3.63) is 146 Å². The number of nitrogens with zero attached hydrogens (tertiary/aromatic N) is 1. The molecule has 56 heavy (non-hydrogen) atoms. The topological polar surface area (TPSA) is 186 Å². The zero-order chi connectivity index (χ0) is 40.7. The molecule has 11 nitrogen and oxygen atoms in total. The largest absolute Gasteiger partial charge is 0.507 e. The molecule has 5 rings (SSSR count). The molecule has 0 fully saturated rings. The van der Waals surface area contributed by atoms with Gasteiger partial charge in [-0.15, -0.1) is 0 Å². The number of nitriles is 1. The van der Waals surface area contributed by atoms with Crippen molar-refractivity contribution in [3.8, 4) is 17.6 Å². The van der Waals surface area contributed by atoms with E-state index in [9.17, 15) is 39.4 Å². The number of phenols is 2. The molecule has 13 heteroatoms. The van der Waals surface area contributed by atoms with Gasteiger partial charge in [-0.25, -0.2) is 0 Å². The standard InChI is InChI=1S/C43H36Cl2N4O7/c1-23-4-14-35(24(2)39(23)52)49-43(56)34-13-15-36(25(3)40(34)53)48-41(54)28-9-11-33(12-10-28)47-42(55)29(16-17-46)21-38(51)27-7-5-26(6-8-27)18-37(50)30-19-31(44)22-32(45)20-30/h4-15,19-20,22,29,52-53H,16,18,21H2,1-3H3,(H,47,55)(H,48,54)(H,49,56). The third kappa shape index (κ3) is 9.78. The van der Waals surface area contributed by atoms with Gasteiger partial charge in [0, 0.05) is 74.2 Å². The molecule has 0 radical (unpaired) electrons. The molecule has 0 aliphatic heterocycles. The average Bonchev–Trinajstić information content (AvgIpc) is 3.16. The predicted molar refractivity (Wildman–Crippen MR) is 215 cm³/mol.